The molecule has 0 N–H and O–H groups in total. The van der Waals surface area contributed by atoms with Crippen LogP contribution in [0.2, 0.25) is 0 Å². The monoisotopic (exact) mass is 202 g/mol. The van der Waals surface area contributed by atoms with E-state index in [0.717, 1.165) is 6.42 Å². The van der Waals surface area contributed by atoms with Gasteiger partial charge in [0.25, 0.3) is 0 Å². The van der Waals surface area contributed by atoms with E-state index in [4.69, 9.17) is 9.47 Å². The highest BCUT2D eigenvalue weighted by molar-refractivity contribution is 5.78. The maximum atomic E-state index is 11.4. The van der Waals surface area contributed by atoms with E-state index in [9.17, 15) is 4.79 Å². The number of ether oxygens (including phenoxy) is 2. The van der Waals surface area contributed by atoms with E-state index in [0.29, 0.717) is 13.4 Å². The van der Waals surface area contributed by atoms with E-state index in [1.165, 1.54) is 0 Å². The van der Waals surface area contributed by atoms with Gasteiger partial charge in [0, 0.05) is 13.0 Å². The standard InChI is InChI=1S/C11H22O3/c1-9(12)10(11(2,3)4)6-7-14-8-13-5/h10H,6-8H2,1-5H3. The van der Waals surface area contributed by atoms with Gasteiger partial charge >= 0.3 is 0 Å². The molecule has 0 aliphatic rings. The molecular weight excluding hydrogens is 180 g/mol. The van der Waals surface area contributed by atoms with Crippen molar-refractivity contribution in [2.24, 2.45) is 11.3 Å². The van der Waals surface area contributed by atoms with Gasteiger partial charge in [-0.15, -0.1) is 0 Å². The number of hydrogen-bond acceptors (Lipinski definition) is 3. The lowest BCUT2D eigenvalue weighted by Gasteiger charge is -2.28. The molecule has 84 valence electrons. The van der Waals surface area contributed by atoms with Crippen LogP contribution in [0.3, 0.4) is 0 Å². The highest BCUT2D eigenvalue weighted by Gasteiger charge is 2.27. The molecule has 0 aromatic carbocycles. The third-order valence-electron chi connectivity index (χ3n) is 2.29. The average Bonchev–Trinajstić information content (AvgIpc) is 2.01. The van der Waals surface area contributed by atoms with Crippen LogP contribution in [0.25, 0.3) is 0 Å². The first-order valence-electron chi connectivity index (χ1n) is 4.96. The van der Waals surface area contributed by atoms with Crippen molar-refractivity contribution in [1.82, 2.24) is 0 Å². The highest BCUT2D eigenvalue weighted by atomic mass is 16.7. The van der Waals surface area contributed by atoms with Crippen molar-refractivity contribution in [3.8, 4) is 0 Å². The Morgan fingerprint density at radius 3 is 2.29 bits per heavy atom. The third-order valence-corrected chi connectivity index (χ3v) is 2.29. The fourth-order valence-electron chi connectivity index (χ4n) is 1.59. The van der Waals surface area contributed by atoms with E-state index in [2.05, 4.69) is 20.8 Å². The maximum Gasteiger partial charge on any atom is 0.146 e. The van der Waals surface area contributed by atoms with Crippen molar-refractivity contribution < 1.29 is 14.3 Å². The van der Waals surface area contributed by atoms with Crippen LogP contribution in [-0.2, 0) is 14.3 Å². The Bertz CT molecular complexity index is 170. The van der Waals surface area contributed by atoms with Crippen molar-refractivity contribution in [2.75, 3.05) is 20.5 Å². The molecule has 0 rings (SSSR count). The molecule has 0 bridgehead atoms. The Balaban J connectivity index is 3.94. The highest BCUT2D eigenvalue weighted by Crippen LogP contribution is 2.29. The van der Waals surface area contributed by atoms with Crippen LogP contribution in [0.4, 0.5) is 0 Å². The topological polar surface area (TPSA) is 35.5 Å². The van der Waals surface area contributed by atoms with E-state index in [-0.39, 0.29) is 17.1 Å². The fourth-order valence-corrected chi connectivity index (χ4v) is 1.59. The van der Waals surface area contributed by atoms with Gasteiger partial charge in [-0.3, -0.25) is 4.79 Å². The zero-order chi connectivity index (χ0) is 11.2. The van der Waals surface area contributed by atoms with Crippen LogP contribution in [0.15, 0.2) is 0 Å². The molecule has 3 heteroatoms. The molecule has 0 aliphatic heterocycles. The molecule has 0 aliphatic carbocycles. The summed E-state index contributed by atoms with van der Waals surface area (Å²) in [7, 11) is 1.59. The number of Topliss-reactive ketones (excluding diaryl/α,β-unsaturated/α-hetero) is 1. The molecule has 0 fully saturated rings. The number of ketones is 1. The summed E-state index contributed by atoms with van der Waals surface area (Å²) in [6.07, 6.45) is 0.766. The van der Waals surface area contributed by atoms with E-state index in [1.807, 2.05) is 0 Å². The van der Waals surface area contributed by atoms with E-state index >= 15 is 0 Å². The second-order valence-electron chi connectivity index (χ2n) is 4.63. The van der Waals surface area contributed by atoms with Crippen LogP contribution >= 0.6 is 0 Å². The van der Waals surface area contributed by atoms with Gasteiger partial charge in [-0.2, -0.15) is 0 Å². The van der Waals surface area contributed by atoms with Crippen molar-refractivity contribution in [2.45, 2.75) is 34.1 Å². The second-order valence-corrected chi connectivity index (χ2v) is 4.63. The van der Waals surface area contributed by atoms with Gasteiger partial charge in [0.2, 0.25) is 0 Å². The normalized spacial score (nSPS) is 14.1. The summed E-state index contributed by atoms with van der Waals surface area (Å²) in [5.74, 6) is 0.304. The predicted octanol–water partition coefficient (Wildman–Crippen LogP) is 2.25. The zero-order valence-corrected chi connectivity index (χ0v) is 9.92. The Morgan fingerprint density at radius 2 is 1.93 bits per heavy atom. The summed E-state index contributed by atoms with van der Waals surface area (Å²) in [5.41, 5.74) is 0.0161. The lowest BCUT2D eigenvalue weighted by Crippen LogP contribution is -2.28. The Hall–Kier alpha value is -0.410. The number of carbonyl (C=O) groups is 1. The molecule has 0 amide bonds. The van der Waals surface area contributed by atoms with Gasteiger partial charge in [0.1, 0.15) is 12.6 Å². The lowest BCUT2D eigenvalue weighted by atomic mass is 9.77. The predicted molar refractivity (Wildman–Crippen MR) is 56.1 cm³/mol. The molecule has 3 nitrogen and oxygen atoms in total. The third kappa shape index (κ3) is 5.35. The summed E-state index contributed by atoms with van der Waals surface area (Å²) in [6, 6.07) is 0. The van der Waals surface area contributed by atoms with Crippen LogP contribution in [-0.4, -0.2) is 26.3 Å². The quantitative estimate of drug-likeness (QED) is 0.489. The molecule has 0 heterocycles. The van der Waals surface area contributed by atoms with Gasteiger partial charge in [0.05, 0.1) is 6.61 Å². The molecule has 14 heavy (non-hydrogen) atoms. The average molecular weight is 202 g/mol. The molecule has 0 saturated heterocycles. The molecule has 1 atom stereocenters. The first kappa shape index (κ1) is 13.6. The molecule has 0 aromatic rings. The van der Waals surface area contributed by atoms with Crippen molar-refractivity contribution in [3.05, 3.63) is 0 Å². The first-order chi connectivity index (χ1) is 6.39. The van der Waals surface area contributed by atoms with E-state index in [1.54, 1.807) is 14.0 Å². The number of hydrogen-bond donors (Lipinski definition) is 0. The fraction of sp³-hybridized carbons (Fsp3) is 0.909. The first-order valence-corrected chi connectivity index (χ1v) is 4.96. The zero-order valence-electron chi connectivity index (χ0n) is 9.92. The van der Waals surface area contributed by atoms with Crippen molar-refractivity contribution in [3.63, 3.8) is 0 Å². The summed E-state index contributed by atoms with van der Waals surface area (Å²) in [5, 5.41) is 0. The number of carbonyl (C=O) groups excluding carboxylic acids is 1. The molecule has 0 spiro atoms. The van der Waals surface area contributed by atoms with Crippen LogP contribution in [0.1, 0.15) is 34.1 Å². The Kier molecular flexibility index (Phi) is 5.96. The van der Waals surface area contributed by atoms with Gasteiger partial charge in [-0.1, -0.05) is 20.8 Å². The van der Waals surface area contributed by atoms with E-state index < -0.39 is 0 Å². The van der Waals surface area contributed by atoms with Gasteiger partial charge < -0.3 is 9.47 Å². The van der Waals surface area contributed by atoms with Gasteiger partial charge in [0.15, 0.2) is 0 Å². The van der Waals surface area contributed by atoms with Gasteiger partial charge in [-0.25, -0.2) is 0 Å². The molecular formula is C11H22O3. The Labute approximate surface area is 86.8 Å². The molecule has 0 radical (unpaired) electrons. The summed E-state index contributed by atoms with van der Waals surface area (Å²) in [6.45, 7) is 8.76. The second kappa shape index (κ2) is 6.14. The lowest BCUT2D eigenvalue weighted by molar-refractivity contribution is -0.125. The van der Waals surface area contributed by atoms with Crippen LogP contribution in [0.5, 0.6) is 0 Å². The minimum absolute atomic E-state index is 0.0161. The minimum Gasteiger partial charge on any atom is -0.359 e. The summed E-state index contributed by atoms with van der Waals surface area (Å²) >= 11 is 0. The minimum atomic E-state index is 0.0161. The maximum absolute atomic E-state index is 11.4. The molecule has 1 unspecified atom stereocenters. The van der Waals surface area contributed by atoms with Crippen molar-refractivity contribution >= 4 is 5.78 Å². The van der Waals surface area contributed by atoms with Crippen LogP contribution < -0.4 is 0 Å². The number of rotatable bonds is 6. The SMILES string of the molecule is COCOCCC(C(C)=O)C(C)(C)C. The number of methoxy groups -OCH3 is 1. The van der Waals surface area contributed by atoms with Gasteiger partial charge in [-0.05, 0) is 18.8 Å². The smallest absolute Gasteiger partial charge is 0.146 e. The van der Waals surface area contributed by atoms with Crippen LogP contribution in [0, 0.1) is 11.3 Å². The summed E-state index contributed by atoms with van der Waals surface area (Å²) < 4.78 is 9.95. The Morgan fingerprint density at radius 1 is 1.36 bits per heavy atom. The molecule has 0 saturated carbocycles. The summed E-state index contributed by atoms with van der Waals surface area (Å²) in [4.78, 5) is 11.4. The largest absolute Gasteiger partial charge is 0.359 e. The molecule has 0 aromatic heterocycles. The van der Waals surface area contributed by atoms with Crippen molar-refractivity contribution in [1.29, 1.82) is 0 Å².